The van der Waals surface area contributed by atoms with Gasteiger partial charge in [-0.25, -0.2) is 0 Å². The third-order valence-corrected chi connectivity index (χ3v) is 3.79. The summed E-state index contributed by atoms with van der Waals surface area (Å²) in [6.07, 6.45) is 1.79. The molecule has 1 aliphatic carbocycles. The molecule has 5 nitrogen and oxygen atoms in total. The van der Waals surface area contributed by atoms with E-state index in [4.69, 9.17) is 9.84 Å². The van der Waals surface area contributed by atoms with Gasteiger partial charge in [-0.05, 0) is 52.9 Å². The summed E-state index contributed by atoms with van der Waals surface area (Å²) in [5.41, 5.74) is -1.42. The van der Waals surface area contributed by atoms with Crippen molar-refractivity contribution < 1.29 is 24.5 Å². The highest BCUT2D eigenvalue weighted by atomic mass is 16.5. The molecular formula is C14H24O5. The van der Waals surface area contributed by atoms with Crippen molar-refractivity contribution in [2.24, 2.45) is 17.3 Å². The van der Waals surface area contributed by atoms with Crippen LogP contribution in [0.4, 0.5) is 0 Å². The van der Waals surface area contributed by atoms with Gasteiger partial charge < -0.3 is 14.9 Å². The van der Waals surface area contributed by atoms with E-state index in [9.17, 15) is 14.7 Å². The van der Waals surface area contributed by atoms with Crippen LogP contribution in [-0.2, 0) is 14.3 Å². The van der Waals surface area contributed by atoms with Crippen LogP contribution in [0.1, 0.15) is 47.0 Å². The van der Waals surface area contributed by atoms with Crippen LogP contribution in [0.15, 0.2) is 0 Å². The molecule has 0 saturated heterocycles. The van der Waals surface area contributed by atoms with Crippen LogP contribution in [0.5, 0.6) is 0 Å². The fourth-order valence-electron chi connectivity index (χ4n) is 2.30. The van der Waals surface area contributed by atoms with Crippen LogP contribution in [0.25, 0.3) is 0 Å². The molecule has 1 aliphatic rings. The number of carboxylic acid groups (broad SMARTS) is 2. The Morgan fingerprint density at radius 2 is 1.74 bits per heavy atom. The summed E-state index contributed by atoms with van der Waals surface area (Å²) in [7, 11) is 0. The lowest BCUT2D eigenvalue weighted by molar-refractivity contribution is -0.162. The molecule has 5 heteroatoms. The summed E-state index contributed by atoms with van der Waals surface area (Å²) in [5, 5.41) is 18.4. The fraction of sp³-hybridized carbons (Fsp3) is 0.857. The lowest BCUT2D eigenvalue weighted by Crippen LogP contribution is -2.43. The average molecular weight is 272 g/mol. The summed E-state index contributed by atoms with van der Waals surface area (Å²) < 4.78 is 5.59. The Balaban J connectivity index is 2.67. The molecule has 1 saturated carbocycles. The number of hydrogen-bond donors (Lipinski definition) is 2. The molecule has 3 unspecified atom stereocenters. The standard InChI is InChI=1S/C14H24O5/c1-13(2,3)19-8-14(4,12(17)18)7-9-5-6-10(9)11(15)16/h9-10H,5-8H2,1-4H3,(H,15,16)(H,17,18). The monoisotopic (exact) mass is 272 g/mol. The van der Waals surface area contributed by atoms with Gasteiger partial charge in [0.1, 0.15) is 0 Å². The molecule has 0 radical (unpaired) electrons. The average Bonchev–Trinajstić information content (AvgIpc) is 2.19. The Kier molecular flexibility index (Phi) is 4.61. The van der Waals surface area contributed by atoms with Crippen LogP contribution < -0.4 is 0 Å². The topological polar surface area (TPSA) is 83.8 Å². The summed E-state index contributed by atoms with van der Waals surface area (Å²) in [5.74, 6) is -2.19. The molecule has 0 aromatic carbocycles. The number of rotatable bonds is 6. The molecule has 0 bridgehead atoms. The van der Waals surface area contributed by atoms with Gasteiger partial charge in [0.15, 0.2) is 0 Å². The minimum Gasteiger partial charge on any atom is -0.481 e. The minimum atomic E-state index is -1.02. The second-order valence-corrected chi connectivity index (χ2v) is 6.75. The van der Waals surface area contributed by atoms with Gasteiger partial charge in [-0.15, -0.1) is 0 Å². The third-order valence-electron chi connectivity index (χ3n) is 3.79. The lowest BCUT2D eigenvalue weighted by Gasteiger charge is -2.39. The first-order valence-electron chi connectivity index (χ1n) is 6.65. The normalized spacial score (nSPS) is 26.3. The first-order chi connectivity index (χ1) is 8.55. The minimum absolute atomic E-state index is 0.0535. The largest absolute Gasteiger partial charge is 0.481 e. The number of hydrogen-bond acceptors (Lipinski definition) is 3. The lowest BCUT2D eigenvalue weighted by atomic mass is 9.66. The third kappa shape index (κ3) is 4.20. The van der Waals surface area contributed by atoms with Gasteiger partial charge in [0.2, 0.25) is 0 Å². The van der Waals surface area contributed by atoms with Gasteiger partial charge in [0, 0.05) is 0 Å². The summed E-state index contributed by atoms with van der Waals surface area (Å²) in [4.78, 5) is 22.4. The van der Waals surface area contributed by atoms with Crippen molar-refractivity contribution in [2.75, 3.05) is 6.61 Å². The van der Waals surface area contributed by atoms with Gasteiger partial charge in [-0.2, -0.15) is 0 Å². The number of aliphatic carboxylic acids is 2. The molecule has 110 valence electrons. The molecule has 1 rings (SSSR count). The zero-order valence-corrected chi connectivity index (χ0v) is 12.1. The van der Waals surface area contributed by atoms with E-state index < -0.39 is 28.9 Å². The smallest absolute Gasteiger partial charge is 0.311 e. The van der Waals surface area contributed by atoms with Crippen molar-refractivity contribution in [3.63, 3.8) is 0 Å². The maximum Gasteiger partial charge on any atom is 0.311 e. The second kappa shape index (κ2) is 5.49. The van der Waals surface area contributed by atoms with Gasteiger partial charge in [-0.1, -0.05) is 0 Å². The van der Waals surface area contributed by atoms with E-state index in [-0.39, 0.29) is 12.5 Å². The van der Waals surface area contributed by atoms with E-state index in [0.29, 0.717) is 12.8 Å². The van der Waals surface area contributed by atoms with Crippen molar-refractivity contribution >= 4 is 11.9 Å². The van der Waals surface area contributed by atoms with Crippen LogP contribution in [0.2, 0.25) is 0 Å². The molecule has 0 amide bonds. The molecule has 3 atom stereocenters. The quantitative estimate of drug-likeness (QED) is 0.775. The van der Waals surface area contributed by atoms with E-state index in [1.807, 2.05) is 20.8 Å². The predicted octanol–water partition coefficient (Wildman–Crippen LogP) is 2.39. The van der Waals surface area contributed by atoms with E-state index in [1.54, 1.807) is 6.92 Å². The molecule has 1 fully saturated rings. The number of ether oxygens (including phenoxy) is 1. The van der Waals surface area contributed by atoms with Crippen molar-refractivity contribution in [1.82, 2.24) is 0 Å². The van der Waals surface area contributed by atoms with Crippen LogP contribution in [0, 0.1) is 17.3 Å². The Labute approximate surface area is 114 Å². The van der Waals surface area contributed by atoms with Gasteiger partial charge >= 0.3 is 11.9 Å². The molecule has 0 aromatic heterocycles. The summed E-state index contributed by atoms with van der Waals surface area (Å²) in [6.45, 7) is 7.36. The van der Waals surface area contributed by atoms with Crippen molar-refractivity contribution in [3.8, 4) is 0 Å². The first kappa shape index (κ1) is 16.0. The maximum atomic E-state index is 11.5. The number of carbonyl (C=O) groups is 2. The highest BCUT2D eigenvalue weighted by molar-refractivity contribution is 5.75. The number of carboxylic acids is 2. The summed E-state index contributed by atoms with van der Waals surface area (Å²) >= 11 is 0. The molecule has 0 aromatic rings. The van der Waals surface area contributed by atoms with E-state index in [0.717, 1.165) is 6.42 Å². The first-order valence-corrected chi connectivity index (χ1v) is 6.65. The molecule has 0 heterocycles. The van der Waals surface area contributed by atoms with E-state index in [2.05, 4.69) is 0 Å². The zero-order valence-electron chi connectivity index (χ0n) is 12.1. The highest BCUT2D eigenvalue weighted by Gasteiger charge is 2.44. The van der Waals surface area contributed by atoms with Crippen molar-refractivity contribution in [1.29, 1.82) is 0 Å². The Hall–Kier alpha value is -1.10. The molecule has 19 heavy (non-hydrogen) atoms. The van der Waals surface area contributed by atoms with Crippen molar-refractivity contribution in [2.45, 2.75) is 52.6 Å². The Morgan fingerprint density at radius 3 is 2.05 bits per heavy atom. The van der Waals surface area contributed by atoms with Crippen LogP contribution in [0.3, 0.4) is 0 Å². The summed E-state index contributed by atoms with van der Waals surface area (Å²) in [6, 6.07) is 0. The maximum absolute atomic E-state index is 11.5. The van der Waals surface area contributed by atoms with Gasteiger partial charge in [0.25, 0.3) is 0 Å². The molecule has 0 spiro atoms. The Morgan fingerprint density at radius 1 is 1.16 bits per heavy atom. The van der Waals surface area contributed by atoms with Crippen molar-refractivity contribution in [3.05, 3.63) is 0 Å². The molecular weight excluding hydrogens is 248 g/mol. The SMILES string of the molecule is CC(C)(C)OCC(C)(CC1CCC1C(=O)O)C(=O)O. The van der Waals surface area contributed by atoms with E-state index >= 15 is 0 Å². The van der Waals surface area contributed by atoms with Gasteiger partial charge in [-0.3, -0.25) is 9.59 Å². The second-order valence-electron chi connectivity index (χ2n) is 6.75. The van der Waals surface area contributed by atoms with E-state index in [1.165, 1.54) is 0 Å². The molecule has 0 aliphatic heterocycles. The molecule has 2 N–H and O–H groups in total. The fourth-order valence-corrected chi connectivity index (χ4v) is 2.30. The van der Waals surface area contributed by atoms with Crippen LogP contribution in [-0.4, -0.2) is 34.4 Å². The Bertz CT molecular complexity index is 357. The van der Waals surface area contributed by atoms with Crippen LogP contribution >= 0.6 is 0 Å². The predicted molar refractivity (Wildman–Crippen MR) is 69.9 cm³/mol. The zero-order chi connectivity index (χ0) is 14.8. The van der Waals surface area contributed by atoms with Gasteiger partial charge in [0.05, 0.1) is 23.5 Å². The highest BCUT2D eigenvalue weighted by Crippen LogP contribution is 2.43.